The third kappa shape index (κ3) is 5.35. The maximum Gasteiger partial charge on any atom is 0.223 e. The van der Waals surface area contributed by atoms with Crippen molar-refractivity contribution < 1.29 is 9.53 Å². The minimum Gasteiger partial charge on any atom is -0.370 e. The number of carbonyl (C=O) groups excluding carboxylic acids is 1. The molecule has 1 aromatic carbocycles. The van der Waals surface area contributed by atoms with E-state index in [4.69, 9.17) is 4.74 Å². The van der Waals surface area contributed by atoms with Crippen molar-refractivity contribution in [2.24, 2.45) is 17.8 Å². The van der Waals surface area contributed by atoms with Gasteiger partial charge in [-0.1, -0.05) is 58.0 Å². The quantitative estimate of drug-likeness (QED) is 0.725. The molecule has 1 heterocycles. The van der Waals surface area contributed by atoms with Gasteiger partial charge in [0.15, 0.2) is 0 Å². The molecule has 1 aliphatic rings. The van der Waals surface area contributed by atoms with Gasteiger partial charge in [0.25, 0.3) is 0 Å². The zero-order chi connectivity index (χ0) is 17.0. The average Bonchev–Trinajstić information content (AvgIpc) is 3.22. The molecule has 0 spiro atoms. The van der Waals surface area contributed by atoms with Crippen LogP contribution < -0.4 is 5.32 Å². The third-order valence-corrected chi connectivity index (χ3v) is 4.68. The molecule has 1 aromatic rings. The van der Waals surface area contributed by atoms with Crippen LogP contribution in [0.15, 0.2) is 30.3 Å². The van der Waals surface area contributed by atoms with Crippen LogP contribution in [0.5, 0.6) is 0 Å². The summed E-state index contributed by atoms with van der Waals surface area (Å²) in [5, 5.41) is 3.17. The second-order valence-electron chi connectivity index (χ2n) is 7.57. The highest BCUT2D eigenvalue weighted by Gasteiger charge is 2.42. The minimum absolute atomic E-state index is 0.0170. The molecule has 0 unspecified atom stereocenters. The van der Waals surface area contributed by atoms with E-state index in [0.717, 1.165) is 18.4 Å². The smallest absolute Gasteiger partial charge is 0.223 e. The van der Waals surface area contributed by atoms with Crippen LogP contribution in [0.4, 0.5) is 0 Å². The Labute approximate surface area is 140 Å². The summed E-state index contributed by atoms with van der Waals surface area (Å²) in [7, 11) is 0. The van der Waals surface area contributed by atoms with Gasteiger partial charge in [0.05, 0.1) is 18.2 Å². The van der Waals surface area contributed by atoms with Crippen molar-refractivity contribution in [3.63, 3.8) is 0 Å². The van der Waals surface area contributed by atoms with E-state index in [-0.39, 0.29) is 24.0 Å². The standard InChI is InChI=1S/C20H31NO2/c1-13(2)11-18-19(23-18)12-17(14(3)4)20(22)21-15(5)16-9-7-6-8-10-16/h6-10,13-15,17-19H,11-12H2,1-5H3,(H,21,22)/t15-,17+,18-,19-/m0/s1. The van der Waals surface area contributed by atoms with Crippen LogP contribution in [0.1, 0.15) is 59.1 Å². The zero-order valence-corrected chi connectivity index (χ0v) is 15.1. The van der Waals surface area contributed by atoms with Crippen molar-refractivity contribution in [2.75, 3.05) is 0 Å². The van der Waals surface area contributed by atoms with Gasteiger partial charge in [-0.3, -0.25) is 4.79 Å². The van der Waals surface area contributed by atoms with E-state index in [9.17, 15) is 4.79 Å². The van der Waals surface area contributed by atoms with Gasteiger partial charge in [-0.15, -0.1) is 0 Å². The van der Waals surface area contributed by atoms with Crippen molar-refractivity contribution in [3.8, 4) is 0 Å². The maximum absolute atomic E-state index is 12.7. The second-order valence-corrected chi connectivity index (χ2v) is 7.57. The van der Waals surface area contributed by atoms with Crippen LogP contribution in [0.25, 0.3) is 0 Å². The molecule has 128 valence electrons. The first-order valence-corrected chi connectivity index (χ1v) is 8.89. The van der Waals surface area contributed by atoms with E-state index in [1.165, 1.54) is 0 Å². The first-order valence-electron chi connectivity index (χ1n) is 8.89. The molecule has 3 nitrogen and oxygen atoms in total. The summed E-state index contributed by atoms with van der Waals surface area (Å²) in [4.78, 5) is 12.7. The SMILES string of the molecule is CC(C)C[C@@H]1O[C@H]1C[C@@H](C(=O)N[C@@H](C)c1ccccc1)C(C)C. The van der Waals surface area contributed by atoms with Crippen LogP contribution in [0.3, 0.4) is 0 Å². The van der Waals surface area contributed by atoms with Crippen LogP contribution in [-0.4, -0.2) is 18.1 Å². The highest BCUT2D eigenvalue weighted by Crippen LogP contribution is 2.35. The fourth-order valence-corrected chi connectivity index (χ4v) is 3.14. The molecule has 0 aliphatic carbocycles. The number of amides is 1. The normalized spacial score (nSPS) is 22.9. The van der Waals surface area contributed by atoms with E-state index >= 15 is 0 Å². The summed E-state index contributed by atoms with van der Waals surface area (Å²) in [6.45, 7) is 10.7. The molecule has 23 heavy (non-hydrogen) atoms. The van der Waals surface area contributed by atoms with Crippen molar-refractivity contribution in [2.45, 2.75) is 65.7 Å². The van der Waals surface area contributed by atoms with Gasteiger partial charge in [-0.2, -0.15) is 0 Å². The summed E-state index contributed by atoms with van der Waals surface area (Å²) in [6, 6.07) is 10.2. The Morgan fingerprint density at radius 2 is 1.65 bits per heavy atom. The van der Waals surface area contributed by atoms with Crippen LogP contribution in [-0.2, 0) is 9.53 Å². The van der Waals surface area contributed by atoms with Gasteiger partial charge in [0, 0.05) is 5.92 Å². The second kappa shape index (κ2) is 7.96. The largest absolute Gasteiger partial charge is 0.370 e. The Kier molecular flexibility index (Phi) is 6.23. The number of benzene rings is 1. The first-order chi connectivity index (χ1) is 10.9. The highest BCUT2D eigenvalue weighted by atomic mass is 16.6. The molecule has 0 saturated carbocycles. The Morgan fingerprint density at radius 1 is 1.04 bits per heavy atom. The summed E-state index contributed by atoms with van der Waals surface area (Å²) >= 11 is 0. The van der Waals surface area contributed by atoms with Gasteiger partial charge < -0.3 is 10.1 Å². The molecule has 1 fully saturated rings. The van der Waals surface area contributed by atoms with Crippen molar-refractivity contribution in [1.82, 2.24) is 5.32 Å². The molecule has 3 heteroatoms. The predicted octanol–water partition coefficient (Wildman–Crippen LogP) is 4.34. The summed E-state index contributed by atoms with van der Waals surface area (Å²) in [5.74, 6) is 1.13. The molecular weight excluding hydrogens is 286 g/mol. The van der Waals surface area contributed by atoms with E-state index in [0.29, 0.717) is 17.9 Å². The number of nitrogens with one attached hydrogen (secondary N) is 1. The molecule has 1 saturated heterocycles. The molecule has 0 bridgehead atoms. The molecular formula is C20H31NO2. The zero-order valence-electron chi connectivity index (χ0n) is 15.1. The van der Waals surface area contributed by atoms with Crippen LogP contribution >= 0.6 is 0 Å². The van der Waals surface area contributed by atoms with E-state index in [2.05, 4.69) is 45.1 Å². The number of ether oxygens (including phenoxy) is 1. The number of hydrogen-bond donors (Lipinski definition) is 1. The Bertz CT molecular complexity index is 498. The lowest BCUT2D eigenvalue weighted by Gasteiger charge is -2.23. The molecule has 1 amide bonds. The molecule has 2 rings (SSSR count). The number of epoxide rings is 1. The van der Waals surface area contributed by atoms with E-state index < -0.39 is 0 Å². The van der Waals surface area contributed by atoms with Gasteiger partial charge in [-0.05, 0) is 37.2 Å². The number of hydrogen-bond acceptors (Lipinski definition) is 2. The van der Waals surface area contributed by atoms with Crippen LogP contribution in [0.2, 0.25) is 0 Å². The fraction of sp³-hybridized carbons (Fsp3) is 0.650. The van der Waals surface area contributed by atoms with Gasteiger partial charge in [0.2, 0.25) is 5.91 Å². The number of rotatable bonds is 8. The van der Waals surface area contributed by atoms with Crippen LogP contribution in [0, 0.1) is 17.8 Å². The predicted molar refractivity (Wildman–Crippen MR) is 94.1 cm³/mol. The lowest BCUT2D eigenvalue weighted by Crippen LogP contribution is -2.36. The lowest BCUT2D eigenvalue weighted by molar-refractivity contribution is -0.127. The summed E-state index contributed by atoms with van der Waals surface area (Å²) < 4.78 is 5.77. The van der Waals surface area contributed by atoms with E-state index in [1.807, 2.05) is 25.1 Å². The molecule has 0 aromatic heterocycles. The highest BCUT2D eigenvalue weighted by molar-refractivity contribution is 5.79. The number of carbonyl (C=O) groups is 1. The summed E-state index contributed by atoms with van der Waals surface area (Å²) in [5.41, 5.74) is 1.14. The molecule has 0 radical (unpaired) electrons. The van der Waals surface area contributed by atoms with Crippen molar-refractivity contribution in [3.05, 3.63) is 35.9 Å². The Hall–Kier alpha value is -1.35. The molecule has 1 N–H and O–H groups in total. The van der Waals surface area contributed by atoms with E-state index in [1.54, 1.807) is 0 Å². The fourth-order valence-electron chi connectivity index (χ4n) is 3.14. The average molecular weight is 317 g/mol. The third-order valence-electron chi connectivity index (χ3n) is 4.68. The summed E-state index contributed by atoms with van der Waals surface area (Å²) in [6.07, 6.45) is 2.55. The Balaban J connectivity index is 1.89. The van der Waals surface area contributed by atoms with Gasteiger partial charge in [-0.25, -0.2) is 0 Å². The minimum atomic E-state index is 0.0170. The van der Waals surface area contributed by atoms with Gasteiger partial charge in [0.1, 0.15) is 0 Å². The lowest BCUT2D eigenvalue weighted by atomic mass is 9.88. The molecule has 1 aliphatic heterocycles. The van der Waals surface area contributed by atoms with Gasteiger partial charge >= 0.3 is 0 Å². The Morgan fingerprint density at radius 3 is 2.22 bits per heavy atom. The van der Waals surface area contributed by atoms with Crippen molar-refractivity contribution >= 4 is 5.91 Å². The van der Waals surface area contributed by atoms with Crippen molar-refractivity contribution in [1.29, 1.82) is 0 Å². The first kappa shape index (κ1) is 18.0. The monoisotopic (exact) mass is 317 g/mol. The maximum atomic E-state index is 12.7. The molecule has 4 atom stereocenters. The topological polar surface area (TPSA) is 41.6 Å².